The Bertz CT molecular complexity index is 929. The number of aliphatic imine (C=N–C) groups is 1. The van der Waals surface area contributed by atoms with E-state index in [4.69, 9.17) is 11.6 Å². The number of nitrogens with zero attached hydrogens (tertiary/aromatic N) is 2. The van der Waals surface area contributed by atoms with Gasteiger partial charge in [-0.15, -0.1) is 0 Å². The van der Waals surface area contributed by atoms with E-state index in [0.29, 0.717) is 15.9 Å². The minimum atomic E-state index is -0.544. The number of hydrogen-bond acceptors (Lipinski definition) is 4. The zero-order chi connectivity index (χ0) is 19.6. The molecule has 1 heterocycles. The van der Waals surface area contributed by atoms with Crippen LogP contribution in [0.25, 0.3) is 0 Å². The molecule has 1 atom stereocenters. The van der Waals surface area contributed by atoms with Crippen LogP contribution in [-0.4, -0.2) is 34.2 Å². The van der Waals surface area contributed by atoms with Crippen LogP contribution in [0.5, 0.6) is 0 Å². The lowest BCUT2D eigenvalue weighted by atomic mass is 10.1. The number of benzene rings is 2. The van der Waals surface area contributed by atoms with E-state index in [1.807, 2.05) is 32.0 Å². The first-order valence-corrected chi connectivity index (χ1v) is 9.75. The summed E-state index contributed by atoms with van der Waals surface area (Å²) in [5, 5.41) is 3.33. The minimum Gasteiger partial charge on any atom is -0.325 e. The van der Waals surface area contributed by atoms with Crippen molar-refractivity contribution in [3.8, 4) is 0 Å². The van der Waals surface area contributed by atoms with Crippen molar-refractivity contribution in [2.75, 3.05) is 12.4 Å². The van der Waals surface area contributed by atoms with E-state index in [1.165, 1.54) is 22.2 Å². The maximum absolute atomic E-state index is 12.6. The Hall–Kier alpha value is -2.31. The third-order valence-corrected chi connectivity index (χ3v) is 5.84. The summed E-state index contributed by atoms with van der Waals surface area (Å²) in [6.45, 7) is 4.05. The number of hydrogen-bond donors (Lipinski definition) is 1. The van der Waals surface area contributed by atoms with Gasteiger partial charge in [-0.25, -0.2) is 4.99 Å². The smallest absolute Gasteiger partial charge is 0.238 e. The standard InChI is InChI=1S/C20H20ClN3O2S/c1-12-7-8-16(9-13(12)2)23-20-24(3)18(25)11-17(27-20)19(26)22-15-6-4-5-14(21)10-15/h4-10,17H,11H2,1-3H3,(H,22,26). The largest absolute Gasteiger partial charge is 0.325 e. The van der Waals surface area contributed by atoms with Crippen LogP contribution in [-0.2, 0) is 9.59 Å². The molecule has 3 rings (SSSR count). The van der Waals surface area contributed by atoms with Crippen molar-refractivity contribution >= 4 is 51.7 Å². The molecule has 27 heavy (non-hydrogen) atoms. The number of carbonyl (C=O) groups is 2. The summed E-state index contributed by atoms with van der Waals surface area (Å²) < 4.78 is 0. The first-order chi connectivity index (χ1) is 12.8. The molecule has 1 N–H and O–H groups in total. The van der Waals surface area contributed by atoms with Gasteiger partial charge < -0.3 is 5.32 Å². The average molecular weight is 402 g/mol. The van der Waals surface area contributed by atoms with Gasteiger partial charge in [0.15, 0.2) is 5.17 Å². The molecule has 0 radical (unpaired) electrons. The molecular weight excluding hydrogens is 382 g/mol. The third kappa shape index (κ3) is 4.70. The third-order valence-electron chi connectivity index (χ3n) is 4.37. The van der Waals surface area contributed by atoms with Crippen LogP contribution in [0.4, 0.5) is 11.4 Å². The Labute approximate surface area is 167 Å². The second kappa shape index (κ2) is 8.15. The number of anilines is 1. The number of thioether (sulfide) groups is 1. The van der Waals surface area contributed by atoms with Gasteiger partial charge in [0.2, 0.25) is 11.8 Å². The average Bonchev–Trinajstić information content (AvgIpc) is 2.62. The van der Waals surface area contributed by atoms with E-state index in [0.717, 1.165) is 11.3 Å². The summed E-state index contributed by atoms with van der Waals surface area (Å²) in [6, 6.07) is 12.8. The van der Waals surface area contributed by atoms with Crippen molar-refractivity contribution in [1.29, 1.82) is 0 Å². The second-order valence-corrected chi connectivity index (χ2v) is 8.03. The van der Waals surface area contributed by atoms with Gasteiger partial charge >= 0.3 is 0 Å². The molecule has 5 nitrogen and oxygen atoms in total. The molecule has 1 unspecified atom stereocenters. The monoisotopic (exact) mass is 401 g/mol. The molecule has 0 aromatic heterocycles. The molecule has 2 aromatic rings. The summed E-state index contributed by atoms with van der Waals surface area (Å²) in [5.74, 6) is -0.376. The van der Waals surface area contributed by atoms with Crippen molar-refractivity contribution in [3.63, 3.8) is 0 Å². The molecule has 1 aliphatic heterocycles. The van der Waals surface area contributed by atoms with Gasteiger partial charge in [-0.1, -0.05) is 35.5 Å². The van der Waals surface area contributed by atoms with Gasteiger partial charge in [-0.2, -0.15) is 0 Å². The SMILES string of the molecule is Cc1ccc(N=C2SC(C(=O)Nc3cccc(Cl)c3)CC(=O)N2C)cc1C. The molecule has 2 aromatic carbocycles. The van der Waals surface area contributed by atoms with Gasteiger partial charge in [0.25, 0.3) is 0 Å². The number of amidine groups is 1. The highest BCUT2D eigenvalue weighted by Gasteiger charge is 2.34. The summed E-state index contributed by atoms with van der Waals surface area (Å²) in [6.07, 6.45) is 0.125. The van der Waals surface area contributed by atoms with Crippen LogP contribution in [0.3, 0.4) is 0 Å². The normalized spacial score (nSPS) is 18.7. The fourth-order valence-electron chi connectivity index (χ4n) is 2.59. The van der Waals surface area contributed by atoms with E-state index < -0.39 is 5.25 Å². The van der Waals surface area contributed by atoms with Crippen molar-refractivity contribution < 1.29 is 9.59 Å². The maximum atomic E-state index is 12.6. The highest BCUT2D eigenvalue weighted by atomic mass is 35.5. The molecule has 0 spiro atoms. The Kier molecular flexibility index (Phi) is 5.87. The van der Waals surface area contributed by atoms with E-state index >= 15 is 0 Å². The van der Waals surface area contributed by atoms with Crippen molar-refractivity contribution in [2.45, 2.75) is 25.5 Å². The highest BCUT2D eigenvalue weighted by Crippen LogP contribution is 2.29. The first-order valence-electron chi connectivity index (χ1n) is 8.49. The first kappa shape index (κ1) is 19.5. The van der Waals surface area contributed by atoms with Gasteiger partial charge in [0.1, 0.15) is 5.25 Å². The molecule has 7 heteroatoms. The second-order valence-electron chi connectivity index (χ2n) is 6.43. The molecule has 0 aliphatic carbocycles. The van der Waals surface area contributed by atoms with Gasteiger partial charge in [0.05, 0.1) is 5.69 Å². The van der Waals surface area contributed by atoms with Crippen LogP contribution >= 0.6 is 23.4 Å². The number of aryl methyl sites for hydroxylation is 2. The summed E-state index contributed by atoms with van der Waals surface area (Å²) in [7, 11) is 1.68. The van der Waals surface area contributed by atoms with Crippen molar-refractivity contribution in [2.24, 2.45) is 4.99 Å². The molecule has 0 saturated carbocycles. The zero-order valence-electron chi connectivity index (χ0n) is 15.3. The molecule has 1 saturated heterocycles. The number of amides is 2. The van der Waals surface area contributed by atoms with Crippen LogP contribution in [0, 0.1) is 13.8 Å². The lowest BCUT2D eigenvalue weighted by Gasteiger charge is -2.28. The van der Waals surface area contributed by atoms with E-state index in [1.54, 1.807) is 31.3 Å². The van der Waals surface area contributed by atoms with Gasteiger partial charge in [-0.3, -0.25) is 14.5 Å². The number of halogens is 1. The van der Waals surface area contributed by atoms with E-state index in [-0.39, 0.29) is 18.2 Å². The fourth-order valence-corrected chi connectivity index (χ4v) is 3.85. The number of rotatable bonds is 3. The summed E-state index contributed by atoms with van der Waals surface area (Å²) in [4.78, 5) is 31.1. The van der Waals surface area contributed by atoms with Gasteiger partial charge in [-0.05, 0) is 55.3 Å². The van der Waals surface area contributed by atoms with Crippen LogP contribution in [0.2, 0.25) is 5.02 Å². The Morgan fingerprint density at radius 1 is 1.22 bits per heavy atom. The number of carbonyl (C=O) groups excluding carboxylic acids is 2. The van der Waals surface area contributed by atoms with E-state index in [2.05, 4.69) is 10.3 Å². The molecule has 1 fully saturated rings. The Morgan fingerprint density at radius 3 is 2.70 bits per heavy atom. The fraction of sp³-hybridized carbons (Fsp3) is 0.250. The summed E-state index contributed by atoms with van der Waals surface area (Å²) >= 11 is 7.25. The van der Waals surface area contributed by atoms with Crippen molar-refractivity contribution in [3.05, 3.63) is 58.6 Å². The predicted octanol–water partition coefficient (Wildman–Crippen LogP) is 4.55. The van der Waals surface area contributed by atoms with Gasteiger partial charge in [0, 0.05) is 24.2 Å². The predicted molar refractivity (Wildman–Crippen MR) is 112 cm³/mol. The zero-order valence-corrected chi connectivity index (χ0v) is 16.9. The number of nitrogens with one attached hydrogen (secondary N) is 1. The molecular formula is C20H20ClN3O2S. The van der Waals surface area contributed by atoms with Crippen LogP contribution < -0.4 is 5.32 Å². The molecule has 0 bridgehead atoms. The Morgan fingerprint density at radius 2 is 2.00 bits per heavy atom. The lowest BCUT2D eigenvalue weighted by Crippen LogP contribution is -2.43. The molecule has 140 valence electrons. The lowest BCUT2D eigenvalue weighted by molar-refractivity contribution is -0.128. The van der Waals surface area contributed by atoms with E-state index in [9.17, 15) is 9.59 Å². The van der Waals surface area contributed by atoms with Crippen LogP contribution in [0.1, 0.15) is 17.5 Å². The van der Waals surface area contributed by atoms with Crippen LogP contribution in [0.15, 0.2) is 47.5 Å². The quantitative estimate of drug-likeness (QED) is 0.820. The minimum absolute atomic E-state index is 0.125. The molecule has 1 aliphatic rings. The topological polar surface area (TPSA) is 61.8 Å². The summed E-state index contributed by atoms with van der Waals surface area (Å²) in [5.41, 5.74) is 3.67. The maximum Gasteiger partial charge on any atom is 0.238 e. The van der Waals surface area contributed by atoms with Crippen molar-refractivity contribution in [1.82, 2.24) is 4.90 Å². The molecule has 2 amide bonds. The Balaban J connectivity index is 1.80. The highest BCUT2D eigenvalue weighted by molar-refractivity contribution is 8.15.